The van der Waals surface area contributed by atoms with Crippen LogP contribution in [0.4, 0.5) is 0 Å². The molecule has 2 aromatic rings. The van der Waals surface area contributed by atoms with Gasteiger partial charge >= 0.3 is 0 Å². The largest absolute Gasteiger partial charge is 0.308 e. The van der Waals surface area contributed by atoms with Crippen LogP contribution >= 0.6 is 0 Å². The van der Waals surface area contributed by atoms with Crippen LogP contribution < -0.4 is 5.32 Å². The van der Waals surface area contributed by atoms with Crippen LogP contribution in [0.15, 0.2) is 30.6 Å². The third-order valence-corrected chi connectivity index (χ3v) is 3.82. The summed E-state index contributed by atoms with van der Waals surface area (Å²) >= 11 is 0. The number of nitrogens with zero attached hydrogens (tertiary/aromatic N) is 3. The molecule has 4 heteroatoms. The van der Waals surface area contributed by atoms with Crippen molar-refractivity contribution in [1.82, 2.24) is 20.1 Å². The van der Waals surface area contributed by atoms with Gasteiger partial charge in [0.1, 0.15) is 0 Å². The zero-order valence-electron chi connectivity index (χ0n) is 10.9. The molecule has 0 saturated heterocycles. The van der Waals surface area contributed by atoms with E-state index in [-0.39, 0.29) is 0 Å². The van der Waals surface area contributed by atoms with Gasteiger partial charge in [0.25, 0.3) is 0 Å². The monoisotopic (exact) mass is 254 g/mol. The fourth-order valence-electron chi connectivity index (χ4n) is 2.32. The van der Waals surface area contributed by atoms with Crippen LogP contribution in [0.2, 0.25) is 0 Å². The standard InChI is InChI=1S/C15H18N4/c1-2-11(1)15-6-8-19(18-15)14-5-7-16-13(9-14)10-17-12-3-4-12/h5-9,11-12,17H,1-4,10H2. The van der Waals surface area contributed by atoms with Gasteiger partial charge in [0.2, 0.25) is 0 Å². The van der Waals surface area contributed by atoms with Crippen molar-refractivity contribution in [2.24, 2.45) is 0 Å². The first-order valence-electron chi connectivity index (χ1n) is 7.13. The molecule has 0 unspecified atom stereocenters. The van der Waals surface area contributed by atoms with E-state index in [0.717, 1.165) is 24.0 Å². The number of hydrogen-bond donors (Lipinski definition) is 1. The minimum atomic E-state index is 0.707. The van der Waals surface area contributed by atoms with Crippen molar-refractivity contribution < 1.29 is 0 Å². The lowest BCUT2D eigenvalue weighted by Crippen LogP contribution is -2.16. The summed E-state index contributed by atoms with van der Waals surface area (Å²) in [6.07, 6.45) is 9.14. The predicted octanol–water partition coefficient (Wildman–Crippen LogP) is 2.40. The number of pyridine rings is 1. The maximum atomic E-state index is 4.66. The Morgan fingerprint density at radius 1 is 1.21 bits per heavy atom. The van der Waals surface area contributed by atoms with Gasteiger partial charge in [-0.1, -0.05) is 0 Å². The van der Waals surface area contributed by atoms with E-state index in [2.05, 4.69) is 33.7 Å². The molecule has 2 aromatic heterocycles. The summed E-state index contributed by atoms with van der Waals surface area (Å²) < 4.78 is 1.97. The molecule has 19 heavy (non-hydrogen) atoms. The molecule has 0 bridgehead atoms. The van der Waals surface area contributed by atoms with E-state index in [1.807, 2.05) is 16.9 Å². The van der Waals surface area contributed by atoms with Gasteiger partial charge in [-0.05, 0) is 43.9 Å². The van der Waals surface area contributed by atoms with Crippen molar-refractivity contribution in [3.63, 3.8) is 0 Å². The summed E-state index contributed by atoms with van der Waals surface area (Å²) in [4.78, 5) is 4.42. The Hall–Kier alpha value is -1.68. The SMILES string of the molecule is c1cc(-n2ccc(C3CC3)n2)cc(CNC2CC2)n1. The fourth-order valence-corrected chi connectivity index (χ4v) is 2.32. The van der Waals surface area contributed by atoms with Crippen molar-refractivity contribution in [3.8, 4) is 5.69 Å². The number of hydrogen-bond acceptors (Lipinski definition) is 3. The van der Waals surface area contributed by atoms with Crippen LogP contribution in [0.25, 0.3) is 5.69 Å². The van der Waals surface area contributed by atoms with Crippen molar-refractivity contribution in [2.75, 3.05) is 0 Å². The number of nitrogens with one attached hydrogen (secondary N) is 1. The van der Waals surface area contributed by atoms with E-state index >= 15 is 0 Å². The molecule has 98 valence electrons. The Morgan fingerprint density at radius 3 is 2.89 bits per heavy atom. The van der Waals surface area contributed by atoms with Gasteiger partial charge in [0.15, 0.2) is 0 Å². The van der Waals surface area contributed by atoms with Crippen molar-refractivity contribution in [3.05, 3.63) is 42.0 Å². The van der Waals surface area contributed by atoms with E-state index in [0.29, 0.717) is 5.92 Å². The zero-order valence-corrected chi connectivity index (χ0v) is 10.9. The Balaban J connectivity index is 1.53. The van der Waals surface area contributed by atoms with E-state index in [4.69, 9.17) is 0 Å². The van der Waals surface area contributed by atoms with Gasteiger partial charge in [0.05, 0.1) is 17.1 Å². The molecule has 0 aliphatic heterocycles. The van der Waals surface area contributed by atoms with E-state index in [9.17, 15) is 0 Å². The normalized spacial score (nSPS) is 18.7. The lowest BCUT2D eigenvalue weighted by atomic mass is 10.3. The first kappa shape index (κ1) is 11.2. The summed E-state index contributed by atoms with van der Waals surface area (Å²) in [5.74, 6) is 0.707. The lowest BCUT2D eigenvalue weighted by Gasteiger charge is -2.05. The molecule has 2 heterocycles. The second-order valence-electron chi connectivity index (χ2n) is 5.62. The van der Waals surface area contributed by atoms with Gasteiger partial charge in [-0.15, -0.1) is 0 Å². The molecule has 2 fully saturated rings. The number of rotatable bonds is 5. The quantitative estimate of drug-likeness (QED) is 0.891. The Bertz CT molecular complexity index is 581. The van der Waals surface area contributed by atoms with Crippen LogP contribution in [-0.2, 0) is 6.54 Å². The topological polar surface area (TPSA) is 42.7 Å². The minimum Gasteiger partial charge on any atom is -0.308 e. The number of aromatic nitrogens is 3. The molecule has 2 aliphatic carbocycles. The van der Waals surface area contributed by atoms with Crippen LogP contribution in [0.3, 0.4) is 0 Å². The highest BCUT2D eigenvalue weighted by Gasteiger charge is 2.26. The third kappa shape index (κ3) is 2.54. The van der Waals surface area contributed by atoms with E-state index < -0.39 is 0 Å². The summed E-state index contributed by atoms with van der Waals surface area (Å²) in [5.41, 5.74) is 3.43. The van der Waals surface area contributed by atoms with Crippen molar-refractivity contribution >= 4 is 0 Å². The van der Waals surface area contributed by atoms with Crippen LogP contribution in [0.5, 0.6) is 0 Å². The fraction of sp³-hybridized carbons (Fsp3) is 0.467. The lowest BCUT2D eigenvalue weighted by molar-refractivity contribution is 0.673. The van der Waals surface area contributed by atoms with Crippen molar-refractivity contribution in [1.29, 1.82) is 0 Å². The summed E-state index contributed by atoms with van der Waals surface area (Å²) in [6, 6.07) is 7.00. The molecule has 1 N–H and O–H groups in total. The highest BCUT2D eigenvalue weighted by Crippen LogP contribution is 2.39. The van der Waals surface area contributed by atoms with Gasteiger partial charge < -0.3 is 5.32 Å². The zero-order chi connectivity index (χ0) is 12.7. The first-order chi connectivity index (χ1) is 9.38. The van der Waals surface area contributed by atoms with Gasteiger partial charge in [0, 0.05) is 30.9 Å². The predicted molar refractivity (Wildman–Crippen MR) is 73.2 cm³/mol. The van der Waals surface area contributed by atoms with Gasteiger partial charge in [-0.3, -0.25) is 4.98 Å². The molecule has 0 amide bonds. The molecule has 2 aliphatic rings. The smallest absolute Gasteiger partial charge is 0.0679 e. The summed E-state index contributed by atoms with van der Waals surface area (Å²) in [7, 11) is 0. The molecule has 4 rings (SSSR count). The Labute approximate surface area is 112 Å². The molecule has 0 spiro atoms. The molecule has 0 aromatic carbocycles. The second kappa shape index (κ2) is 4.46. The Kier molecular flexibility index (Phi) is 2.62. The first-order valence-corrected chi connectivity index (χ1v) is 7.13. The highest BCUT2D eigenvalue weighted by atomic mass is 15.3. The van der Waals surface area contributed by atoms with Gasteiger partial charge in [-0.25, -0.2) is 4.68 Å². The summed E-state index contributed by atoms with van der Waals surface area (Å²) in [5, 5.41) is 8.15. The van der Waals surface area contributed by atoms with Crippen molar-refractivity contribution in [2.45, 2.75) is 44.2 Å². The molecular weight excluding hydrogens is 236 g/mol. The maximum Gasteiger partial charge on any atom is 0.0679 e. The molecule has 4 nitrogen and oxygen atoms in total. The van der Waals surface area contributed by atoms with E-state index in [1.54, 1.807) is 0 Å². The molecule has 2 saturated carbocycles. The minimum absolute atomic E-state index is 0.707. The molecule has 0 radical (unpaired) electrons. The van der Waals surface area contributed by atoms with Crippen LogP contribution in [0.1, 0.15) is 43.0 Å². The van der Waals surface area contributed by atoms with Crippen LogP contribution in [0, 0.1) is 0 Å². The molecule has 0 atom stereocenters. The maximum absolute atomic E-state index is 4.66. The average molecular weight is 254 g/mol. The van der Waals surface area contributed by atoms with E-state index in [1.165, 1.54) is 31.4 Å². The Morgan fingerprint density at radius 2 is 2.11 bits per heavy atom. The average Bonchev–Trinajstić information content (AvgIpc) is 3.37. The molecular formula is C15H18N4. The summed E-state index contributed by atoms with van der Waals surface area (Å²) in [6.45, 7) is 0.856. The highest BCUT2D eigenvalue weighted by molar-refractivity contribution is 5.32. The van der Waals surface area contributed by atoms with Crippen LogP contribution in [-0.4, -0.2) is 20.8 Å². The second-order valence-corrected chi connectivity index (χ2v) is 5.62. The third-order valence-electron chi connectivity index (χ3n) is 3.82. The van der Waals surface area contributed by atoms with Gasteiger partial charge in [-0.2, -0.15) is 5.10 Å².